The molecule has 0 aromatic heterocycles. The van der Waals surface area contributed by atoms with E-state index in [0.717, 1.165) is 68.7 Å². The van der Waals surface area contributed by atoms with Crippen LogP contribution in [0.1, 0.15) is 12.0 Å². The molecule has 2 aliphatic rings. The molecule has 4 rings (SSSR count). The lowest BCUT2D eigenvalue weighted by Crippen LogP contribution is -2.47. The number of aliphatic imine (C=N–C) groups is 1. The van der Waals surface area contributed by atoms with Gasteiger partial charge in [0.25, 0.3) is 0 Å². The summed E-state index contributed by atoms with van der Waals surface area (Å²) >= 11 is 0. The van der Waals surface area contributed by atoms with E-state index in [1.165, 1.54) is 5.69 Å². The smallest absolute Gasteiger partial charge is 0.231 e. The first-order valence-corrected chi connectivity index (χ1v) is 10.7. The minimum absolute atomic E-state index is 0. The summed E-state index contributed by atoms with van der Waals surface area (Å²) in [5, 5.41) is 6.77. The van der Waals surface area contributed by atoms with Crippen LogP contribution in [-0.4, -0.2) is 64.0 Å². The minimum Gasteiger partial charge on any atom is -0.454 e. The fourth-order valence-electron chi connectivity index (χ4n) is 3.84. The van der Waals surface area contributed by atoms with E-state index >= 15 is 0 Å². The Morgan fingerprint density at radius 1 is 0.968 bits per heavy atom. The summed E-state index contributed by atoms with van der Waals surface area (Å²) < 4.78 is 10.8. The van der Waals surface area contributed by atoms with Gasteiger partial charge in [-0.15, -0.1) is 24.0 Å². The zero-order chi connectivity index (χ0) is 20.6. The summed E-state index contributed by atoms with van der Waals surface area (Å²) in [6, 6.07) is 16.7. The van der Waals surface area contributed by atoms with Gasteiger partial charge in [0.15, 0.2) is 17.5 Å². The minimum atomic E-state index is 0. The summed E-state index contributed by atoms with van der Waals surface area (Å²) in [5.74, 6) is 2.44. The summed E-state index contributed by atoms with van der Waals surface area (Å²) in [7, 11) is 1.80. The van der Waals surface area contributed by atoms with E-state index in [-0.39, 0.29) is 24.0 Å². The topological polar surface area (TPSA) is 61.4 Å². The average Bonchev–Trinajstić information content (AvgIpc) is 3.27. The number of ether oxygens (including phenoxy) is 2. The standard InChI is InChI=1S/C23H31N5O2.HI/c1-24-23(26-17-19-8-9-21-22(16-19)30-18-29-21)25-10-5-11-27-12-14-28(15-13-27)20-6-3-2-4-7-20;/h2-4,6-9,16H,5,10-15,17-18H2,1H3,(H2,24,25,26);1H. The van der Waals surface area contributed by atoms with Gasteiger partial charge in [-0.2, -0.15) is 0 Å². The molecule has 0 aliphatic carbocycles. The van der Waals surface area contributed by atoms with Gasteiger partial charge >= 0.3 is 0 Å². The molecule has 1 fully saturated rings. The number of guanidine groups is 1. The van der Waals surface area contributed by atoms with Gasteiger partial charge in [0.05, 0.1) is 0 Å². The Labute approximate surface area is 201 Å². The predicted molar refractivity (Wildman–Crippen MR) is 136 cm³/mol. The van der Waals surface area contributed by atoms with Crippen LogP contribution in [0.25, 0.3) is 0 Å². The maximum atomic E-state index is 5.44. The zero-order valence-electron chi connectivity index (χ0n) is 18.0. The molecule has 0 amide bonds. The van der Waals surface area contributed by atoms with Gasteiger partial charge in [-0.3, -0.25) is 9.89 Å². The van der Waals surface area contributed by atoms with Crippen LogP contribution in [0.5, 0.6) is 11.5 Å². The van der Waals surface area contributed by atoms with E-state index in [9.17, 15) is 0 Å². The molecule has 2 aromatic rings. The molecule has 2 aromatic carbocycles. The molecular weight excluding hydrogens is 505 g/mol. The summed E-state index contributed by atoms with van der Waals surface area (Å²) in [4.78, 5) is 9.34. The van der Waals surface area contributed by atoms with E-state index in [0.29, 0.717) is 13.3 Å². The summed E-state index contributed by atoms with van der Waals surface area (Å²) in [5.41, 5.74) is 2.47. The Morgan fingerprint density at radius 3 is 2.52 bits per heavy atom. The number of benzene rings is 2. The van der Waals surface area contributed by atoms with E-state index in [4.69, 9.17) is 9.47 Å². The third-order valence-corrected chi connectivity index (χ3v) is 5.56. The van der Waals surface area contributed by atoms with Crippen LogP contribution in [0.2, 0.25) is 0 Å². The van der Waals surface area contributed by atoms with Crippen molar-refractivity contribution in [2.24, 2.45) is 4.99 Å². The third-order valence-electron chi connectivity index (χ3n) is 5.56. The first kappa shape index (κ1) is 23.5. The van der Waals surface area contributed by atoms with Crippen molar-refractivity contribution in [3.63, 3.8) is 0 Å². The number of nitrogens with one attached hydrogen (secondary N) is 2. The fourth-order valence-corrected chi connectivity index (χ4v) is 3.84. The van der Waals surface area contributed by atoms with Crippen molar-refractivity contribution in [2.75, 3.05) is 58.0 Å². The second kappa shape index (κ2) is 12.0. The molecule has 1 saturated heterocycles. The van der Waals surface area contributed by atoms with Crippen LogP contribution in [0.15, 0.2) is 53.5 Å². The number of piperazine rings is 1. The van der Waals surface area contributed by atoms with Crippen LogP contribution in [0, 0.1) is 0 Å². The van der Waals surface area contributed by atoms with Crippen LogP contribution in [0.3, 0.4) is 0 Å². The number of para-hydroxylation sites is 1. The van der Waals surface area contributed by atoms with Gasteiger partial charge in [-0.05, 0) is 42.8 Å². The van der Waals surface area contributed by atoms with Crippen LogP contribution < -0.4 is 25.0 Å². The van der Waals surface area contributed by atoms with Crippen molar-refractivity contribution in [2.45, 2.75) is 13.0 Å². The number of hydrogen-bond acceptors (Lipinski definition) is 5. The monoisotopic (exact) mass is 537 g/mol. The van der Waals surface area contributed by atoms with Gasteiger partial charge in [-0.1, -0.05) is 24.3 Å². The average molecular weight is 537 g/mol. The zero-order valence-corrected chi connectivity index (χ0v) is 20.4. The van der Waals surface area contributed by atoms with Crippen molar-refractivity contribution in [3.8, 4) is 11.5 Å². The highest BCUT2D eigenvalue weighted by molar-refractivity contribution is 14.0. The number of fused-ring (bicyclic) bond motifs is 1. The number of anilines is 1. The van der Waals surface area contributed by atoms with Crippen molar-refractivity contribution in [1.82, 2.24) is 15.5 Å². The SMILES string of the molecule is CN=C(NCCCN1CCN(c2ccccc2)CC1)NCc1ccc2c(c1)OCO2.I. The normalized spacial score (nSPS) is 16.0. The Hall–Kier alpha value is -2.20. The molecule has 0 atom stereocenters. The van der Waals surface area contributed by atoms with Crippen molar-refractivity contribution >= 4 is 35.6 Å². The van der Waals surface area contributed by atoms with Gasteiger partial charge in [-0.25, -0.2) is 0 Å². The maximum absolute atomic E-state index is 5.44. The van der Waals surface area contributed by atoms with Gasteiger partial charge < -0.3 is 25.0 Å². The van der Waals surface area contributed by atoms with E-state index in [1.807, 2.05) is 18.2 Å². The Balaban J connectivity index is 0.00000272. The second-order valence-corrected chi connectivity index (χ2v) is 7.56. The van der Waals surface area contributed by atoms with Crippen molar-refractivity contribution in [1.29, 1.82) is 0 Å². The molecule has 168 valence electrons. The van der Waals surface area contributed by atoms with Gasteiger partial charge in [0, 0.05) is 52.0 Å². The molecule has 0 saturated carbocycles. The molecule has 8 heteroatoms. The van der Waals surface area contributed by atoms with Crippen molar-refractivity contribution < 1.29 is 9.47 Å². The molecule has 31 heavy (non-hydrogen) atoms. The molecule has 2 N–H and O–H groups in total. The highest BCUT2D eigenvalue weighted by Gasteiger charge is 2.16. The molecule has 7 nitrogen and oxygen atoms in total. The Kier molecular flexibility index (Phi) is 9.08. The molecule has 0 spiro atoms. The highest BCUT2D eigenvalue weighted by atomic mass is 127. The highest BCUT2D eigenvalue weighted by Crippen LogP contribution is 2.32. The van der Waals surface area contributed by atoms with Gasteiger partial charge in [0.2, 0.25) is 6.79 Å². The van der Waals surface area contributed by atoms with E-state index in [1.54, 1.807) is 7.05 Å². The van der Waals surface area contributed by atoms with E-state index < -0.39 is 0 Å². The number of halogens is 1. The van der Waals surface area contributed by atoms with Crippen LogP contribution in [-0.2, 0) is 6.54 Å². The lowest BCUT2D eigenvalue weighted by atomic mass is 10.2. The van der Waals surface area contributed by atoms with Gasteiger partial charge in [0.1, 0.15) is 0 Å². The Bertz CT molecular complexity index is 841. The first-order chi connectivity index (χ1) is 14.8. The summed E-state index contributed by atoms with van der Waals surface area (Å²) in [6.45, 7) is 7.42. The van der Waals surface area contributed by atoms with E-state index in [2.05, 4.69) is 55.8 Å². The first-order valence-electron chi connectivity index (χ1n) is 10.7. The molecule has 0 radical (unpaired) electrons. The largest absolute Gasteiger partial charge is 0.454 e. The lowest BCUT2D eigenvalue weighted by molar-refractivity contribution is 0.174. The number of nitrogens with zero attached hydrogens (tertiary/aromatic N) is 3. The Morgan fingerprint density at radius 2 is 1.74 bits per heavy atom. The molecule has 0 bridgehead atoms. The maximum Gasteiger partial charge on any atom is 0.231 e. The molecule has 2 aliphatic heterocycles. The third kappa shape index (κ3) is 6.64. The summed E-state index contributed by atoms with van der Waals surface area (Å²) in [6.07, 6.45) is 1.09. The van der Waals surface area contributed by atoms with Crippen LogP contribution >= 0.6 is 24.0 Å². The number of rotatable bonds is 7. The quantitative estimate of drug-likeness (QED) is 0.245. The number of hydrogen-bond donors (Lipinski definition) is 2. The van der Waals surface area contributed by atoms with Crippen LogP contribution in [0.4, 0.5) is 5.69 Å². The predicted octanol–water partition coefficient (Wildman–Crippen LogP) is 2.91. The fraction of sp³-hybridized carbons (Fsp3) is 0.435. The lowest BCUT2D eigenvalue weighted by Gasteiger charge is -2.36. The second-order valence-electron chi connectivity index (χ2n) is 7.56. The molecular formula is C23H32IN5O2. The molecule has 2 heterocycles. The van der Waals surface area contributed by atoms with Crippen molar-refractivity contribution in [3.05, 3.63) is 54.1 Å². The molecule has 0 unspecified atom stereocenters.